The molecule has 0 bridgehead atoms. The summed E-state index contributed by atoms with van der Waals surface area (Å²) in [5.74, 6) is 1.77. The summed E-state index contributed by atoms with van der Waals surface area (Å²) in [6, 6.07) is 6.57. The zero-order valence-corrected chi connectivity index (χ0v) is 13.5. The number of hydrogen-bond donors (Lipinski definition) is 1. The number of piperidine rings is 1. The molecule has 0 radical (unpaired) electrons. The number of halogens is 1. The molecule has 0 aromatic heterocycles. The van der Waals surface area contributed by atoms with Crippen molar-refractivity contribution in [2.45, 2.75) is 38.3 Å². The van der Waals surface area contributed by atoms with Crippen molar-refractivity contribution >= 4 is 11.6 Å². The van der Waals surface area contributed by atoms with Gasteiger partial charge >= 0.3 is 0 Å². The van der Waals surface area contributed by atoms with Gasteiger partial charge in [0.05, 0.1) is 6.61 Å². The molecule has 0 spiro atoms. The third-order valence-electron chi connectivity index (χ3n) is 4.49. The summed E-state index contributed by atoms with van der Waals surface area (Å²) in [6.07, 6.45) is 5.07. The normalized spacial score (nSPS) is 20.7. The highest BCUT2D eigenvalue weighted by molar-refractivity contribution is 6.30. The Morgan fingerprint density at radius 2 is 2.00 bits per heavy atom. The molecule has 1 aliphatic heterocycles. The second kappa shape index (κ2) is 6.99. The fourth-order valence-corrected chi connectivity index (χ4v) is 2.98. The molecule has 1 saturated carbocycles. The van der Waals surface area contributed by atoms with Crippen LogP contribution in [-0.4, -0.2) is 37.7 Å². The molecule has 116 valence electrons. The number of nitrogens with one attached hydrogen (secondary N) is 1. The topological polar surface area (TPSA) is 24.5 Å². The Kier molecular flexibility index (Phi) is 5.04. The predicted molar refractivity (Wildman–Crippen MR) is 87.0 cm³/mol. The molecular formula is C17H25ClN2O. The molecule has 3 nitrogen and oxygen atoms in total. The standard InChI is InChI=1S/C17H25ClN2O/c1-20-8-6-16(7-9-20)19-11-14-10-15(18)4-5-17(14)21-12-13-2-3-13/h4-5,10,13,16,19H,2-3,6-9,11-12H2,1H3. The summed E-state index contributed by atoms with van der Waals surface area (Å²) in [4.78, 5) is 2.39. The van der Waals surface area contributed by atoms with E-state index in [1.807, 2.05) is 18.2 Å². The Bertz CT molecular complexity index is 468. The summed E-state index contributed by atoms with van der Waals surface area (Å²) >= 11 is 6.14. The maximum atomic E-state index is 6.14. The van der Waals surface area contributed by atoms with Gasteiger partial charge in [0.25, 0.3) is 0 Å². The Balaban J connectivity index is 1.56. The van der Waals surface area contributed by atoms with Crippen LogP contribution < -0.4 is 10.1 Å². The minimum Gasteiger partial charge on any atom is -0.493 e. The number of nitrogens with zero attached hydrogens (tertiary/aromatic N) is 1. The molecular weight excluding hydrogens is 284 g/mol. The lowest BCUT2D eigenvalue weighted by Crippen LogP contribution is -2.40. The van der Waals surface area contributed by atoms with Crippen molar-refractivity contribution in [2.24, 2.45) is 5.92 Å². The molecule has 0 unspecified atom stereocenters. The Hall–Kier alpha value is -0.770. The lowest BCUT2D eigenvalue weighted by atomic mass is 10.0. The van der Waals surface area contributed by atoms with Gasteiger partial charge in [-0.3, -0.25) is 0 Å². The van der Waals surface area contributed by atoms with Gasteiger partial charge in [-0.2, -0.15) is 0 Å². The van der Waals surface area contributed by atoms with E-state index in [0.717, 1.165) is 29.8 Å². The van der Waals surface area contributed by atoms with Crippen LogP contribution in [0.15, 0.2) is 18.2 Å². The molecule has 1 aromatic carbocycles. The Labute approximate surface area is 132 Å². The van der Waals surface area contributed by atoms with Crippen molar-refractivity contribution in [1.29, 1.82) is 0 Å². The molecule has 2 fully saturated rings. The Morgan fingerprint density at radius 1 is 1.24 bits per heavy atom. The molecule has 0 amide bonds. The quantitative estimate of drug-likeness (QED) is 0.872. The number of benzene rings is 1. The van der Waals surface area contributed by atoms with Crippen LogP contribution in [0, 0.1) is 5.92 Å². The van der Waals surface area contributed by atoms with Gasteiger partial charge in [0, 0.05) is 23.2 Å². The molecule has 1 heterocycles. The first-order chi connectivity index (χ1) is 10.2. The van der Waals surface area contributed by atoms with Gasteiger partial charge < -0.3 is 15.0 Å². The van der Waals surface area contributed by atoms with E-state index in [9.17, 15) is 0 Å². The largest absolute Gasteiger partial charge is 0.493 e. The van der Waals surface area contributed by atoms with Gasteiger partial charge in [-0.1, -0.05) is 11.6 Å². The van der Waals surface area contributed by atoms with Crippen LogP contribution in [0.3, 0.4) is 0 Å². The molecule has 2 aliphatic rings. The van der Waals surface area contributed by atoms with Gasteiger partial charge in [-0.25, -0.2) is 0 Å². The summed E-state index contributed by atoms with van der Waals surface area (Å²) in [5.41, 5.74) is 1.18. The first-order valence-electron chi connectivity index (χ1n) is 8.04. The monoisotopic (exact) mass is 308 g/mol. The molecule has 4 heteroatoms. The summed E-state index contributed by atoms with van der Waals surface area (Å²) in [7, 11) is 2.19. The van der Waals surface area contributed by atoms with E-state index >= 15 is 0 Å². The van der Waals surface area contributed by atoms with E-state index in [1.165, 1.54) is 44.3 Å². The first kappa shape index (κ1) is 15.1. The van der Waals surface area contributed by atoms with Gasteiger partial charge in [-0.15, -0.1) is 0 Å². The zero-order chi connectivity index (χ0) is 14.7. The van der Waals surface area contributed by atoms with Crippen molar-refractivity contribution in [3.05, 3.63) is 28.8 Å². The van der Waals surface area contributed by atoms with Crippen LogP contribution in [0.2, 0.25) is 5.02 Å². The van der Waals surface area contributed by atoms with E-state index < -0.39 is 0 Å². The van der Waals surface area contributed by atoms with E-state index in [4.69, 9.17) is 16.3 Å². The maximum absolute atomic E-state index is 6.14. The molecule has 21 heavy (non-hydrogen) atoms. The Morgan fingerprint density at radius 3 is 2.71 bits per heavy atom. The average Bonchev–Trinajstić information content (AvgIpc) is 3.30. The highest BCUT2D eigenvalue weighted by Crippen LogP contribution is 2.31. The fraction of sp³-hybridized carbons (Fsp3) is 0.647. The minimum absolute atomic E-state index is 0.608. The predicted octanol–water partition coefficient (Wildman–Crippen LogP) is 3.31. The fourth-order valence-electron chi connectivity index (χ4n) is 2.79. The average molecular weight is 309 g/mol. The van der Waals surface area contributed by atoms with E-state index in [1.54, 1.807) is 0 Å². The minimum atomic E-state index is 0.608. The second-order valence-electron chi connectivity index (χ2n) is 6.46. The van der Waals surface area contributed by atoms with E-state index in [0.29, 0.717) is 6.04 Å². The second-order valence-corrected chi connectivity index (χ2v) is 6.90. The van der Waals surface area contributed by atoms with Crippen LogP contribution in [0.1, 0.15) is 31.2 Å². The lowest BCUT2D eigenvalue weighted by molar-refractivity contribution is 0.233. The van der Waals surface area contributed by atoms with Crippen molar-refractivity contribution < 1.29 is 4.74 Å². The number of ether oxygens (including phenoxy) is 1. The molecule has 0 atom stereocenters. The zero-order valence-electron chi connectivity index (χ0n) is 12.8. The molecule has 1 aliphatic carbocycles. The summed E-state index contributed by atoms with van der Waals surface area (Å²) in [5, 5.41) is 4.45. The van der Waals surface area contributed by atoms with Crippen LogP contribution in [0.4, 0.5) is 0 Å². The summed E-state index contributed by atoms with van der Waals surface area (Å²) < 4.78 is 5.97. The highest BCUT2D eigenvalue weighted by Gasteiger charge is 2.22. The highest BCUT2D eigenvalue weighted by atomic mass is 35.5. The van der Waals surface area contributed by atoms with Crippen molar-refractivity contribution in [3.63, 3.8) is 0 Å². The SMILES string of the molecule is CN1CCC(NCc2cc(Cl)ccc2OCC2CC2)CC1. The van der Waals surface area contributed by atoms with Crippen molar-refractivity contribution in [3.8, 4) is 5.75 Å². The van der Waals surface area contributed by atoms with Crippen LogP contribution in [-0.2, 0) is 6.54 Å². The van der Waals surface area contributed by atoms with Gasteiger partial charge in [0.15, 0.2) is 0 Å². The van der Waals surface area contributed by atoms with Gasteiger partial charge in [-0.05, 0) is 69.9 Å². The third-order valence-corrected chi connectivity index (χ3v) is 4.73. The van der Waals surface area contributed by atoms with Crippen LogP contribution in [0.25, 0.3) is 0 Å². The van der Waals surface area contributed by atoms with Crippen LogP contribution in [0.5, 0.6) is 5.75 Å². The molecule has 1 saturated heterocycles. The van der Waals surface area contributed by atoms with E-state index in [2.05, 4.69) is 17.3 Å². The number of likely N-dealkylation sites (tertiary alicyclic amines) is 1. The van der Waals surface area contributed by atoms with Gasteiger partial charge in [0.1, 0.15) is 5.75 Å². The maximum Gasteiger partial charge on any atom is 0.123 e. The van der Waals surface area contributed by atoms with Crippen molar-refractivity contribution in [1.82, 2.24) is 10.2 Å². The number of hydrogen-bond acceptors (Lipinski definition) is 3. The van der Waals surface area contributed by atoms with Crippen molar-refractivity contribution in [2.75, 3.05) is 26.7 Å². The smallest absolute Gasteiger partial charge is 0.123 e. The summed E-state index contributed by atoms with van der Waals surface area (Å²) in [6.45, 7) is 4.05. The molecule has 3 rings (SSSR count). The number of rotatable bonds is 6. The molecule has 1 N–H and O–H groups in total. The molecule has 1 aromatic rings. The van der Waals surface area contributed by atoms with Gasteiger partial charge in [0.2, 0.25) is 0 Å². The first-order valence-corrected chi connectivity index (χ1v) is 8.41. The third kappa shape index (κ3) is 4.60. The van der Waals surface area contributed by atoms with E-state index in [-0.39, 0.29) is 0 Å². The lowest BCUT2D eigenvalue weighted by Gasteiger charge is -2.29. The van der Waals surface area contributed by atoms with Crippen LogP contribution >= 0.6 is 11.6 Å².